The maximum absolute atomic E-state index is 4.08. The normalized spacial score (nSPS) is 11.8. The van der Waals surface area contributed by atoms with Gasteiger partial charge in [-0.2, -0.15) is 0 Å². The average molecular weight is 228 g/mol. The van der Waals surface area contributed by atoms with Crippen LogP contribution in [0.1, 0.15) is 12.6 Å². The zero-order valence-electron chi connectivity index (χ0n) is 7.08. The number of aromatic nitrogens is 2. The van der Waals surface area contributed by atoms with E-state index < -0.39 is 0 Å². The third-order valence-corrected chi connectivity index (χ3v) is 2.10. The van der Waals surface area contributed by atoms with Crippen LogP contribution in [0.3, 0.4) is 0 Å². The van der Waals surface area contributed by atoms with E-state index in [-0.39, 0.29) is 0 Å². The number of hydrogen-bond donors (Lipinski definition) is 0. The van der Waals surface area contributed by atoms with Gasteiger partial charge in [0.05, 0.1) is 17.7 Å². The second-order valence-corrected chi connectivity index (χ2v) is 3.14. The average Bonchev–Trinajstić information content (AvgIpc) is 2.32. The molecule has 0 atom stereocenters. The molecular formula is C8H10BrN3. The summed E-state index contributed by atoms with van der Waals surface area (Å²) in [6.45, 7) is 5.46. The predicted octanol–water partition coefficient (Wildman–Crippen LogP) is 2.14. The Morgan fingerprint density at radius 2 is 2.50 bits per heavy atom. The van der Waals surface area contributed by atoms with Crippen LogP contribution in [-0.4, -0.2) is 15.3 Å². The zero-order chi connectivity index (χ0) is 9.14. The molecule has 0 aliphatic heterocycles. The Bertz CT molecular complexity index is 306. The van der Waals surface area contributed by atoms with Crippen molar-refractivity contribution in [1.82, 2.24) is 9.55 Å². The van der Waals surface area contributed by atoms with Gasteiger partial charge in [0, 0.05) is 13.2 Å². The molecule has 0 saturated heterocycles. The summed E-state index contributed by atoms with van der Waals surface area (Å²) in [7, 11) is 1.93. The van der Waals surface area contributed by atoms with Crippen molar-refractivity contribution in [3.8, 4) is 0 Å². The van der Waals surface area contributed by atoms with E-state index in [2.05, 4.69) is 32.5 Å². The number of imidazole rings is 1. The Morgan fingerprint density at radius 1 is 1.83 bits per heavy atom. The molecule has 1 heterocycles. The molecule has 0 bridgehead atoms. The van der Waals surface area contributed by atoms with Gasteiger partial charge in [0.25, 0.3) is 0 Å². The van der Waals surface area contributed by atoms with Crippen LogP contribution in [0.15, 0.2) is 28.7 Å². The van der Waals surface area contributed by atoms with Crippen molar-refractivity contribution in [2.45, 2.75) is 6.92 Å². The summed E-state index contributed by atoms with van der Waals surface area (Å²) in [5.41, 5.74) is 1.88. The van der Waals surface area contributed by atoms with Crippen LogP contribution < -0.4 is 0 Å². The molecule has 0 fully saturated rings. The van der Waals surface area contributed by atoms with Gasteiger partial charge in [0.2, 0.25) is 0 Å². The smallest absolute Gasteiger partial charge is 0.133 e. The number of halogens is 1. The maximum Gasteiger partial charge on any atom is 0.133 e. The van der Waals surface area contributed by atoms with Crippen LogP contribution in [0.2, 0.25) is 0 Å². The zero-order valence-corrected chi connectivity index (χ0v) is 8.67. The second kappa shape index (κ2) is 3.67. The summed E-state index contributed by atoms with van der Waals surface area (Å²) in [5.74, 6) is 0. The minimum atomic E-state index is 0.813. The van der Waals surface area contributed by atoms with Gasteiger partial charge < -0.3 is 4.57 Å². The van der Waals surface area contributed by atoms with E-state index in [1.54, 1.807) is 6.33 Å². The van der Waals surface area contributed by atoms with Crippen molar-refractivity contribution in [1.29, 1.82) is 0 Å². The third-order valence-electron chi connectivity index (χ3n) is 1.52. The van der Waals surface area contributed by atoms with Crippen LogP contribution >= 0.6 is 15.9 Å². The van der Waals surface area contributed by atoms with E-state index in [9.17, 15) is 0 Å². The fourth-order valence-electron chi connectivity index (χ4n) is 1.00. The minimum Gasteiger partial charge on any atom is -0.332 e. The molecule has 64 valence electrons. The highest BCUT2D eigenvalue weighted by Gasteiger charge is 2.07. The molecule has 4 heteroatoms. The Hall–Kier alpha value is -0.900. The lowest BCUT2D eigenvalue weighted by Crippen LogP contribution is -2.02. The predicted molar refractivity (Wildman–Crippen MR) is 53.3 cm³/mol. The highest BCUT2D eigenvalue weighted by molar-refractivity contribution is 9.10. The molecule has 0 N–H and O–H groups in total. The van der Waals surface area contributed by atoms with Gasteiger partial charge in [-0.05, 0) is 22.9 Å². The molecule has 1 aromatic heterocycles. The van der Waals surface area contributed by atoms with E-state index in [0.717, 1.165) is 16.0 Å². The van der Waals surface area contributed by atoms with Crippen LogP contribution in [-0.2, 0) is 7.05 Å². The van der Waals surface area contributed by atoms with Gasteiger partial charge >= 0.3 is 0 Å². The fourth-order valence-corrected chi connectivity index (χ4v) is 1.66. The van der Waals surface area contributed by atoms with Gasteiger partial charge in [-0.15, -0.1) is 0 Å². The van der Waals surface area contributed by atoms with Crippen molar-refractivity contribution in [2.75, 3.05) is 0 Å². The van der Waals surface area contributed by atoms with Crippen LogP contribution in [0.25, 0.3) is 0 Å². The largest absolute Gasteiger partial charge is 0.332 e. The molecule has 1 aromatic rings. The molecule has 3 nitrogen and oxygen atoms in total. The summed E-state index contributed by atoms with van der Waals surface area (Å²) in [4.78, 5) is 8.16. The first-order chi connectivity index (χ1) is 5.66. The van der Waals surface area contributed by atoms with Gasteiger partial charge in [-0.25, -0.2) is 4.98 Å². The first kappa shape index (κ1) is 9.19. The van der Waals surface area contributed by atoms with E-state index in [1.165, 1.54) is 6.20 Å². The van der Waals surface area contributed by atoms with Crippen molar-refractivity contribution in [2.24, 2.45) is 12.0 Å². The van der Waals surface area contributed by atoms with Crippen LogP contribution in [0.4, 0.5) is 0 Å². The standard InChI is InChI=1S/C8H10BrN3/c1-4-10-6(2)7-8(9)11-5-12(7)3/h4-5H,1H2,2-3H3. The van der Waals surface area contributed by atoms with E-state index in [1.807, 2.05) is 18.5 Å². The molecule has 0 spiro atoms. The van der Waals surface area contributed by atoms with Gasteiger partial charge in [-0.3, -0.25) is 4.99 Å². The molecule has 0 aromatic carbocycles. The molecule has 0 aliphatic rings. The maximum atomic E-state index is 4.08. The Balaban J connectivity index is 3.17. The lowest BCUT2D eigenvalue weighted by Gasteiger charge is -2.00. The minimum absolute atomic E-state index is 0.813. The highest BCUT2D eigenvalue weighted by Crippen LogP contribution is 2.14. The summed E-state index contributed by atoms with van der Waals surface area (Å²) in [6, 6.07) is 0. The van der Waals surface area contributed by atoms with Crippen molar-refractivity contribution in [3.05, 3.63) is 29.4 Å². The molecule has 1 rings (SSSR count). The third kappa shape index (κ3) is 1.64. The first-order valence-electron chi connectivity index (χ1n) is 3.49. The van der Waals surface area contributed by atoms with E-state index >= 15 is 0 Å². The molecule has 0 unspecified atom stereocenters. The summed E-state index contributed by atoms with van der Waals surface area (Å²) < 4.78 is 2.72. The topological polar surface area (TPSA) is 30.2 Å². The van der Waals surface area contributed by atoms with Crippen LogP contribution in [0, 0.1) is 0 Å². The molecule has 0 amide bonds. The quantitative estimate of drug-likeness (QED) is 0.713. The van der Waals surface area contributed by atoms with E-state index in [0.29, 0.717) is 0 Å². The first-order valence-corrected chi connectivity index (χ1v) is 4.28. The van der Waals surface area contributed by atoms with Crippen molar-refractivity contribution in [3.63, 3.8) is 0 Å². The lowest BCUT2D eigenvalue weighted by molar-refractivity contribution is 0.900. The molecule has 12 heavy (non-hydrogen) atoms. The van der Waals surface area contributed by atoms with Gasteiger partial charge in [0.1, 0.15) is 4.60 Å². The van der Waals surface area contributed by atoms with Gasteiger partial charge in [0.15, 0.2) is 0 Å². The Labute approximate surface area is 80.0 Å². The summed E-state index contributed by atoms with van der Waals surface area (Å²) >= 11 is 3.34. The lowest BCUT2D eigenvalue weighted by atomic mass is 10.3. The Morgan fingerprint density at radius 3 is 2.92 bits per heavy atom. The fraction of sp³-hybridized carbons (Fsp3) is 0.250. The molecule has 0 aliphatic carbocycles. The highest BCUT2D eigenvalue weighted by atomic mass is 79.9. The monoisotopic (exact) mass is 227 g/mol. The SMILES string of the molecule is C=CN=C(C)c1c(Br)ncn1C. The number of nitrogens with zero attached hydrogens (tertiary/aromatic N) is 3. The van der Waals surface area contributed by atoms with Crippen molar-refractivity contribution < 1.29 is 0 Å². The summed E-state index contributed by atoms with van der Waals surface area (Å²) in [6.07, 6.45) is 3.26. The van der Waals surface area contributed by atoms with Crippen LogP contribution in [0.5, 0.6) is 0 Å². The Kier molecular flexibility index (Phi) is 2.81. The number of aryl methyl sites for hydroxylation is 1. The molecule has 0 saturated carbocycles. The van der Waals surface area contributed by atoms with E-state index in [4.69, 9.17) is 0 Å². The van der Waals surface area contributed by atoms with Crippen molar-refractivity contribution >= 4 is 21.6 Å². The molecule has 0 radical (unpaired) electrons. The number of rotatable bonds is 2. The summed E-state index contributed by atoms with van der Waals surface area (Å²) in [5, 5.41) is 0. The van der Waals surface area contributed by atoms with Gasteiger partial charge in [-0.1, -0.05) is 6.58 Å². The molecular weight excluding hydrogens is 218 g/mol. The number of hydrogen-bond acceptors (Lipinski definition) is 2. The number of aliphatic imine (C=N–C) groups is 1. The second-order valence-electron chi connectivity index (χ2n) is 2.39.